The summed E-state index contributed by atoms with van der Waals surface area (Å²) in [5, 5.41) is 2.96. The minimum Gasteiger partial charge on any atom is -0.399 e. The van der Waals surface area contributed by atoms with Gasteiger partial charge in [-0.2, -0.15) is 0 Å². The Balaban J connectivity index is 2.03. The van der Waals surface area contributed by atoms with Crippen molar-refractivity contribution >= 4 is 12.6 Å². The zero-order chi connectivity index (χ0) is 14.7. The first-order chi connectivity index (χ1) is 9.23. The van der Waals surface area contributed by atoms with E-state index in [2.05, 4.69) is 5.32 Å². The van der Waals surface area contributed by atoms with Gasteiger partial charge in [0.2, 0.25) is 0 Å². The number of nitrogens with one attached hydrogen (secondary N) is 1. The van der Waals surface area contributed by atoms with Crippen molar-refractivity contribution in [1.82, 2.24) is 5.32 Å². The summed E-state index contributed by atoms with van der Waals surface area (Å²) in [6.07, 6.45) is 0. The van der Waals surface area contributed by atoms with Crippen LogP contribution in [0, 0.1) is 11.6 Å². The molecule has 0 saturated carbocycles. The average Bonchev–Trinajstić information content (AvgIpc) is 2.88. The van der Waals surface area contributed by atoms with Crippen LogP contribution in [0.2, 0.25) is 0 Å². The average molecular weight is 281 g/mol. The Morgan fingerprint density at radius 1 is 1.05 bits per heavy atom. The van der Waals surface area contributed by atoms with E-state index in [-0.39, 0.29) is 5.46 Å². The maximum Gasteiger partial charge on any atom is 0.497 e. The summed E-state index contributed by atoms with van der Waals surface area (Å²) in [7, 11) is -0.875. The molecule has 1 N–H and O–H groups in total. The molecule has 0 radical (unpaired) electrons. The summed E-state index contributed by atoms with van der Waals surface area (Å²) in [6, 6.07) is 1.20. The van der Waals surface area contributed by atoms with Gasteiger partial charge < -0.3 is 14.6 Å². The van der Waals surface area contributed by atoms with Crippen LogP contribution in [0.15, 0.2) is 6.07 Å². The molecule has 1 fully saturated rings. The second-order valence-corrected chi connectivity index (χ2v) is 6.41. The third-order valence-electron chi connectivity index (χ3n) is 4.56. The molecule has 0 bridgehead atoms. The van der Waals surface area contributed by atoms with Crippen molar-refractivity contribution in [2.24, 2.45) is 0 Å². The van der Waals surface area contributed by atoms with Gasteiger partial charge in [-0.3, -0.25) is 0 Å². The minimum absolute atomic E-state index is 0.142. The van der Waals surface area contributed by atoms with E-state index >= 15 is 0 Å². The molecule has 2 heterocycles. The zero-order valence-electron chi connectivity index (χ0n) is 12.1. The molecule has 0 spiro atoms. The van der Waals surface area contributed by atoms with Crippen LogP contribution in [0.1, 0.15) is 38.8 Å². The molecule has 0 aliphatic carbocycles. The van der Waals surface area contributed by atoms with E-state index in [0.717, 1.165) is 0 Å². The molecule has 0 amide bonds. The topological polar surface area (TPSA) is 30.5 Å². The van der Waals surface area contributed by atoms with E-state index in [4.69, 9.17) is 9.31 Å². The number of fused-ring (bicyclic) bond motifs is 1. The molecule has 20 heavy (non-hydrogen) atoms. The molecule has 0 unspecified atom stereocenters. The summed E-state index contributed by atoms with van der Waals surface area (Å²) in [5.74, 6) is -0.832. The number of hydrogen-bond acceptors (Lipinski definition) is 3. The van der Waals surface area contributed by atoms with Crippen molar-refractivity contribution in [3.63, 3.8) is 0 Å². The first kappa shape index (κ1) is 14.0. The zero-order valence-corrected chi connectivity index (χ0v) is 12.1. The van der Waals surface area contributed by atoms with Gasteiger partial charge in [0.25, 0.3) is 0 Å². The van der Waals surface area contributed by atoms with E-state index in [0.29, 0.717) is 24.2 Å². The third-order valence-corrected chi connectivity index (χ3v) is 4.56. The SMILES string of the molecule is CC1(C)OB(c2cc(F)c3c(c2F)CNC3)OC1(C)C. The van der Waals surface area contributed by atoms with Crippen molar-refractivity contribution in [1.29, 1.82) is 0 Å². The largest absolute Gasteiger partial charge is 0.497 e. The highest BCUT2D eigenvalue weighted by atomic mass is 19.1. The van der Waals surface area contributed by atoms with Gasteiger partial charge in [0.15, 0.2) is 0 Å². The summed E-state index contributed by atoms with van der Waals surface area (Å²) in [6.45, 7) is 8.24. The third kappa shape index (κ3) is 1.90. The quantitative estimate of drug-likeness (QED) is 0.797. The van der Waals surface area contributed by atoms with Crippen LogP contribution in [-0.2, 0) is 22.4 Å². The maximum absolute atomic E-state index is 14.5. The molecular weight excluding hydrogens is 263 g/mol. The van der Waals surface area contributed by atoms with E-state index in [1.807, 2.05) is 27.7 Å². The van der Waals surface area contributed by atoms with Crippen molar-refractivity contribution < 1.29 is 18.1 Å². The number of halogens is 2. The number of hydrogen-bond donors (Lipinski definition) is 1. The van der Waals surface area contributed by atoms with Gasteiger partial charge in [0.05, 0.1) is 11.2 Å². The molecule has 3 nitrogen and oxygen atoms in total. The van der Waals surface area contributed by atoms with Gasteiger partial charge in [-0.25, -0.2) is 8.78 Å². The number of benzene rings is 1. The molecule has 0 atom stereocenters. The van der Waals surface area contributed by atoms with Crippen LogP contribution in [0.5, 0.6) is 0 Å². The lowest BCUT2D eigenvalue weighted by Gasteiger charge is -2.32. The number of rotatable bonds is 1. The van der Waals surface area contributed by atoms with Crippen molar-refractivity contribution in [3.8, 4) is 0 Å². The highest BCUT2D eigenvalue weighted by Crippen LogP contribution is 2.37. The van der Waals surface area contributed by atoms with Crippen molar-refractivity contribution in [2.45, 2.75) is 52.0 Å². The molecule has 1 aromatic rings. The fraction of sp³-hybridized carbons (Fsp3) is 0.571. The molecule has 3 rings (SSSR count). The smallest absolute Gasteiger partial charge is 0.399 e. The van der Waals surface area contributed by atoms with E-state index in [9.17, 15) is 8.78 Å². The monoisotopic (exact) mass is 281 g/mol. The van der Waals surface area contributed by atoms with Gasteiger partial charge in [-0.15, -0.1) is 0 Å². The highest BCUT2D eigenvalue weighted by Gasteiger charge is 2.52. The lowest BCUT2D eigenvalue weighted by Crippen LogP contribution is -2.41. The lowest BCUT2D eigenvalue weighted by atomic mass is 9.77. The van der Waals surface area contributed by atoms with E-state index in [1.165, 1.54) is 6.07 Å². The molecule has 1 aromatic carbocycles. The van der Waals surface area contributed by atoms with Crippen molar-refractivity contribution in [3.05, 3.63) is 28.8 Å². The fourth-order valence-electron chi connectivity index (χ4n) is 2.57. The predicted molar refractivity (Wildman–Crippen MR) is 72.6 cm³/mol. The normalized spacial score (nSPS) is 23.2. The summed E-state index contributed by atoms with van der Waals surface area (Å²) in [4.78, 5) is 0. The van der Waals surface area contributed by atoms with Crippen LogP contribution in [0.4, 0.5) is 8.78 Å². The lowest BCUT2D eigenvalue weighted by molar-refractivity contribution is 0.00578. The summed E-state index contributed by atoms with van der Waals surface area (Å²) in [5.41, 5.74) is -0.212. The molecule has 1 saturated heterocycles. The standard InChI is InChI=1S/C14H18BF2NO2/c1-13(2)14(3,4)20-15(19-13)10-5-11(16)8-6-18-7-9(8)12(10)17/h5,18H,6-7H2,1-4H3. The molecule has 0 aromatic heterocycles. The minimum atomic E-state index is -0.875. The summed E-state index contributed by atoms with van der Waals surface area (Å²) < 4.78 is 40.2. The molecule has 2 aliphatic rings. The Labute approximate surface area is 117 Å². The Bertz CT molecular complexity index is 559. The van der Waals surface area contributed by atoms with Gasteiger partial charge in [-0.05, 0) is 33.8 Å². The predicted octanol–water partition coefficient (Wildman–Crippen LogP) is 1.87. The van der Waals surface area contributed by atoms with Crippen LogP contribution >= 0.6 is 0 Å². The molecular formula is C14H18BF2NO2. The van der Waals surface area contributed by atoms with Gasteiger partial charge in [0.1, 0.15) is 11.6 Å². The molecule has 2 aliphatic heterocycles. The molecule has 108 valence electrons. The van der Waals surface area contributed by atoms with Gasteiger partial charge in [0, 0.05) is 29.7 Å². The first-order valence-corrected chi connectivity index (χ1v) is 6.79. The Kier molecular flexibility index (Phi) is 2.98. The van der Waals surface area contributed by atoms with Gasteiger partial charge >= 0.3 is 7.12 Å². The van der Waals surface area contributed by atoms with E-state index in [1.54, 1.807) is 0 Å². The highest BCUT2D eigenvalue weighted by molar-refractivity contribution is 6.62. The van der Waals surface area contributed by atoms with Crippen molar-refractivity contribution in [2.75, 3.05) is 0 Å². The van der Waals surface area contributed by atoms with Gasteiger partial charge in [-0.1, -0.05) is 0 Å². The molecule has 6 heteroatoms. The Hall–Kier alpha value is -0.975. The Morgan fingerprint density at radius 3 is 2.20 bits per heavy atom. The maximum atomic E-state index is 14.5. The Morgan fingerprint density at radius 2 is 1.60 bits per heavy atom. The van der Waals surface area contributed by atoms with Crippen LogP contribution in [0.25, 0.3) is 0 Å². The fourth-order valence-corrected chi connectivity index (χ4v) is 2.57. The second kappa shape index (κ2) is 4.26. The van der Waals surface area contributed by atoms with E-state index < -0.39 is 30.0 Å². The first-order valence-electron chi connectivity index (χ1n) is 6.79. The second-order valence-electron chi connectivity index (χ2n) is 6.41. The van der Waals surface area contributed by atoms with Crippen LogP contribution < -0.4 is 10.8 Å². The summed E-state index contributed by atoms with van der Waals surface area (Å²) >= 11 is 0. The van der Waals surface area contributed by atoms with Crippen LogP contribution in [-0.4, -0.2) is 18.3 Å². The van der Waals surface area contributed by atoms with Crippen LogP contribution in [0.3, 0.4) is 0 Å².